The molecule has 0 amide bonds. The Hall–Kier alpha value is -5.60. The van der Waals surface area contributed by atoms with Gasteiger partial charge in [0.15, 0.2) is 0 Å². The lowest BCUT2D eigenvalue weighted by Gasteiger charge is -2.18. The Morgan fingerprint density at radius 3 is 1.96 bits per heavy atom. The van der Waals surface area contributed by atoms with Crippen LogP contribution in [0.1, 0.15) is 42.4 Å². The first-order chi connectivity index (χ1) is 22.8. The van der Waals surface area contributed by atoms with Crippen LogP contribution in [0.3, 0.4) is 0 Å². The summed E-state index contributed by atoms with van der Waals surface area (Å²) in [6, 6.07) is 56.9. The number of rotatable bonds is 7. The fourth-order valence-electron chi connectivity index (χ4n) is 7.13. The van der Waals surface area contributed by atoms with Crippen LogP contribution in [0.2, 0.25) is 0 Å². The Kier molecular flexibility index (Phi) is 7.32. The molecule has 0 saturated heterocycles. The average Bonchev–Trinajstić information content (AvgIpc) is 3.47. The first-order valence-electron chi connectivity index (χ1n) is 16.3. The zero-order valence-electron chi connectivity index (χ0n) is 26.0. The van der Waals surface area contributed by atoms with Crippen molar-refractivity contribution in [3.05, 3.63) is 185 Å². The number of benzene rings is 6. The van der Waals surface area contributed by atoms with E-state index in [9.17, 15) is 0 Å². The number of hydrogen-bond acceptors (Lipinski definition) is 1. The minimum Gasteiger partial charge on any atom is -0.355 e. The molecule has 1 N–H and O–H groups in total. The molecule has 0 bridgehead atoms. The zero-order chi connectivity index (χ0) is 30.9. The maximum absolute atomic E-state index is 3.68. The molecule has 6 aromatic carbocycles. The Balaban J connectivity index is 1.29. The highest BCUT2D eigenvalue weighted by molar-refractivity contribution is 5.93. The Bertz CT molecular complexity index is 2280. The lowest BCUT2D eigenvalue weighted by Crippen LogP contribution is -2.33. The van der Waals surface area contributed by atoms with E-state index in [1.54, 1.807) is 0 Å². The van der Waals surface area contributed by atoms with Gasteiger partial charge in [-0.05, 0) is 77.1 Å². The van der Waals surface area contributed by atoms with Crippen LogP contribution < -0.4 is 15.9 Å². The molecule has 8 rings (SSSR count). The lowest BCUT2D eigenvalue weighted by atomic mass is 9.88. The van der Waals surface area contributed by atoms with Crippen molar-refractivity contribution in [1.29, 1.82) is 0 Å². The van der Waals surface area contributed by atoms with Gasteiger partial charge in [-0.3, -0.25) is 0 Å². The fourth-order valence-corrected chi connectivity index (χ4v) is 7.13. The molecule has 2 heteroatoms. The van der Waals surface area contributed by atoms with Gasteiger partial charge in [-0.15, -0.1) is 0 Å². The summed E-state index contributed by atoms with van der Waals surface area (Å²) in [7, 11) is 0. The Labute approximate surface area is 270 Å². The molecule has 1 atom stereocenters. The molecule has 0 aliphatic heterocycles. The highest BCUT2D eigenvalue weighted by Gasteiger charge is 2.20. The quantitative estimate of drug-likeness (QED) is 0.195. The normalized spacial score (nSPS) is 13.2. The van der Waals surface area contributed by atoms with Gasteiger partial charge in [-0.25, -0.2) is 0 Å². The van der Waals surface area contributed by atoms with Crippen LogP contribution in [0.5, 0.6) is 0 Å². The van der Waals surface area contributed by atoms with Gasteiger partial charge in [0.1, 0.15) is 0 Å². The first kappa shape index (κ1) is 27.9. The topological polar surface area (TPSA) is 17.0 Å². The van der Waals surface area contributed by atoms with Crippen molar-refractivity contribution in [1.82, 2.24) is 4.57 Å². The monoisotopic (exact) mass is 592 g/mol. The van der Waals surface area contributed by atoms with E-state index in [0.29, 0.717) is 5.92 Å². The second-order valence-corrected chi connectivity index (χ2v) is 12.1. The van der Waals surface area contributed by atoms with E-state index in [1.165, 1.54) is 60.5 Å². The van der Waals surface area contributed by atoms with E-state index < -0.39 is 0 Å². The molecular weight excluding hydrogens is 556 g/mol. The summed E-state index contributed by atoms with van der Waals surface area (Å²) in [4.78, 5) is 0. The minimum absolute atomic E-state index is 0.341. The third-order valence-electron chi connectivity index (χ3n) is 9.42. The predicted molar refractivity (Wildman–Crippen MR) is 194 cm³/mol. The van der Waals surface area contributed by atoms with Crippen molar-refractivity contribution in [2.24, 2.45) is 0 Å². The second-order valence-electron chi connectivity index (χ2n) is 12.1. The van der Waals surface area contributed by atoms with Crippen molar-refractivity contribution in [2.45, 2.75) is 25.7 Å². The van der Waals surface area contributed by atoms with Crippen LogP contribution in [-0.2, 0) is 0 Å². The van der Waals surface area contributed by atoms with Crippen LogP contribution in [-0.4, -0.2) is 4.57 Å². The summed E-state index contributed by atoms with van der Waals surface area (Å²) < 4.78 is 2.47. The standard InChI is InChI=1S/C44H36N2/c1-31(32-15-4-2-5-16-32)33-27-29-35(30-28-33)46-42-25-13-11-22-40(42)44-39(23-14-26-43(44)46)37-20-9-8-19-36(37)38-21-10-12-24-41(38)45-34-17-6-3-7-18-34/h2-13,15-22,24-31,45H,14,23H2,1H3. The second kappa shape index (κ2) is 12.1. The van der Waals surface area contributed by atoms with E-state index in [0.717, 1.165) is 24.2 Å². The molecule has 222 valence electrons. The molecule has 2 nitrogen and oxygen atoms in total. The van der Waals surface area contributed by atoms with E-state index in [-0.39, 0.29) is 0 Å². The van der Waals surface area contributed by atoms with E-state index >= 15 is 0 Å². The van der Waals surface area contributed by atoms with Gasteiger partial charge in [0.05, 0.1) is 10.9 Å². The number of nitrogens with zero attached hydrogens (tertiary/aromatic N) is 1. The summed E-state index contributed by atoms with van der Waals surface area (Å²) in [5.74, 6) is 0.341. The minimum atomic E-state index is 0.341. The molecule has 46 heavy (non-hydrogen) atoms. The predicted octanol–water partition coefficient (Wildman–Crippen LogP) is 9.97. The molecule has 1 aliphatic rings. The van der Waals surface area contributed by atoms with Crippen molar-refractivity contribution >= 4 is 33.9 Å². The number of anilines is 2. The largest absolute Gasteiger partial charge is 0.355 e. The maximum Gasteiger partial charge on any atom is 0.0541 e. The van der Waals surface area contributed by atoms with Crippen LogP contribution in [0.15, 0.2) is 158 Å². The molecule has 0 fully saturated rings. The van der Waals surface area contributed by atoms with Crippen LogP contribution in [0.25, 0.3) is 39.4 Å². The summed E-state index contributed by atoms with van der Waals surface area (Å²) in [5, 5.41) is 7.62. The van der Waals surface area contributed by atoms with Gasteiger partial charge in [0.2, 0.25) is 0 Å². The molecule has 0 radical (unpaired) electrons. The molecular formula is C44H36N2. The van der Waals surface area contributed by atoms with Gasteiger partial charge in [-0.2, -0.15) is 0 Å². The van der Waals surface area contributed by atoms with Gasteiger partial charge in [-0.1, -0.05) is 134 Å². The highest BCUT2D eigenvalue weighted by Crippen LogP contribution is 2.36. The number of aromatic nitrogens is 1. The van der Waals surface area contributed by atoms with E-state index in [2.05, 4.69) is 181 Å². The maximum atomic E-state index is 3.68. The van der Waals surface area contributed by atoms with Gasteiger partial charge >= 0.3 is 0 Å². The summed E-state index contributed by atoms with van der Waals surface area (Å²) in [6.45, 7) is 2.29. The van der Waals surface area contributed by atoms with Gasteiger partial charge < -0.3 is 9.88 Å². The van der Waals surface area contributed by atoms with Crippen LogP contribution in [0.4, 0.5) is 11.4 Å². The van der Waals surface area contributed by atoms with Crippen molar-refractivity contribution in [2.75, 3.05) is 5.32 Å². The average molecular weight is 593 g/mol. The number of fused-ring (bicyclic) bond motifs is 3. The lowest BCUT2D eigenvalue weighted by molar-refractivity contribution is 0.919. The fraction of sp³-hybridized carbons (Fsp3) is 0.0909. The van der Waals surface area contributed by atoms with Gasteiger partial charge in [0.25, 0.3) is 0 Å². The SMILES string of the molecule is CC(c1ccccc1)c1ccc(-n2c3c(c4ccccc42)=C(c2ccccc2-c2ccccc2Nc2ccccc2)CCC=3)cc1. The number of hydrogen-bond donors (Lipinski definition) is 1. The van der Waals surface area contributed by atoms with E-state index in [1.807, 2.05) is 0 Å². The smallest absolute Gasteiger partial charge is 0.0541 e. The van der Waals surface area contributed by atoms with Crippen molar-refractivity contribution in [3.8, 4) is 16.8 Å². The Morgan fingerprint density at radius 2 is 1.17 bits per heavy atom. The third kappa shape index (κ3) is 5.02. The number of nitrogens with one attached hydrogen (secondary N) is 1. The van der Waals surface area contributed by atoms with Gasteiger partial charge in [0, 0.05) is 39.1 Å². The molecule has 1 heterocycles. The molecule has 1 unspecified atom stereocenters. The van der Waals surface area contributed by atoms with Crippen molar-refractivity contribution in [3.63, 3.8) is 0 Å². The highest BCUT2D eigenvalue weighted by atomic mass is 15.0. The molecule has 7 aromatic rings. The number of para-hydroxylation sites is 3. The molecule has 0 spiro atoms. The van der Waals surface area contributed by atoms with E-state index in [4.69, 9.17) is 0 Å². The van der Waals surface area contributed by atoms with Crippen LogP contribution in [0, 0.1) is 0 Å². The third-order valence-corrected chi connectivity index (χ3v) is 9.42. The molecule has 1 aromatic heterocycles. The summed E-state index contributed by atoms with van der Waals surface area (Å²) in [5.41, 5.74) is 12.5. The molecule has 0 saturated carbocycles. The summed E-state index contributed by atoms with van der Waals surface area (Å²) >= 11 is 0. The van der Waals surface area contributed by atoms with Crippen molar-refractivity contribution < 1.29 is 0 Å². The first-order valence-corrected chi connectivity index (χ1v) is 16.3. The summed E-state index contributed by atoms with van der Waals surface area (Å²) in [6.07, 6.45) is 4.44. The van der Waals surface area contributed by atoms with Crippen LogP contribution >= 0.6 is 0 Å². The molecule has 1 aliphatic carbocycles. The zero-order valence-corrected chi connectivity index (χ0v) is 26.0. The Morgan fingerprint density at radius 1 is 0.565 bits per heavy atom.